The van der Waals surface area contributed by atoms with Crippen molar-refractivity contribution in [3.05, 3.63) is 64.9 Å². The average molecular weight is 424 g/mol. The summed E-state index contributed by atoms with van der Waals surface area (Å²) < 4.78 is 11.4. The van der Waals surface area contributed by atoms with E-state index in [1.807, 2.05) is 50.2 Å². The minimum absolute atomic E-state index is 0.00369. The zero-order chi connectivity index (χ0) is 21.3. The summed E-state index contributed by atoms with van der Waals surface area (Å²) in [5.41, 5.74) is 2.83. The molecule has 0 atom stereocenters. The Morgan fingerprint density at radius 2 is 2.00 bits per heavy atom. The molecule has 0 radical (unpaired) electrons. The smallest absolute Gasteiger partial charge is 0.270 e. The van der Waals surface area contributed by atoms with Crippen molar-refractivity contribution in [3.63, 3.8) is 0 Å². The molecule has 0 aliphatic heterocycles. The number of ether oxygens (including phenoxy) is 2. The van der Waals surface area contributed by atoms with Gasteiger partial charge in [-0.25, -0.2) is 4.98 Å². The number of carbonyl (C=O) groups excluding carboxylic acids is 1. The molecule has 0 aliphatic carbocycles. The molecule has 0 saturated carbocycles. The van der Waals surface area contributed by atoms with Crippen LogP contribution in [0.15, 0.2) is 48.7 Å². The Bertz CT molecular complexity index is 1230. The Labute approximate surface area is 179 Å². The van der Waals surface area contributed by atoms with Gasteiger partial charge in [0.15, 0.2) is 0 Å². The molecule has 2 aromatic heterocycles. The summed E-state index contributed by atoms with van der Waals surface area (Å²) in [6, 6.07) is 13.1. The van der Waals surface area contributed by atoms with Crippen LogP contribution in [0, 0.1) is 0 Å². The van der Waals surface area contributed by atoms with Gasteiger partial charge in [-0.2, -0.15) is 0 Å². The molecular weight excluding hydrogens is 402 g/mol. The Balaban J connectivity index is 1.86. The van der Waals surface area contributed by atoms with Crippen molar-refractivity contribution in [1.29, 1.82) is 0 Å². The van der Waals surface area contributed by atoms with Gasteiger partial charge in [0.25, 0.3) is 5.91 Å². The standard InChI is InChI=1S/C23H22ClN3O3/c1-13(2)26-23(28)22-16(12-29-3)21-15-10-14(30-20-7-5-4-6-17(20)24)8-9-18(15)27-19(21)11-25-22/h4-11,13,27H,12H2,1-3H3,(H,26,28). The number of para-hydroxylation sites is 1. The lowest BCUT2D eigenvalue weighted by atomic mass is 10.0. The number of carbonyl (C=O) groups is 1. The number of benzene rings is 2. The van der Waals surface area contributed by atoms with Gasteiger partial charge in [-0.15, -0.1) is 0 Å². The van der Waals surface area contributed by atoms with E-state index < -0.39 is 0 Å². The van der Waals surface area contributed by atoms with Gasteiger partial charge >= 0.3 is 0 Å². The van der Waals surface area contributed by atoms with E-state index in [4.69, 9.17) is 21.1 Å². The van der Waals surface area contributed by atoms with Gasteiger partial charge in [0.1, 0.15) is 17.2 Å². The van der Waals surface area contributed by atoms with E-state index >= 15 is 0 Å². The molecule has 7 heteroatoms. The summed E-state index contributed by atoms with van der Waals surface area (Å²) in [5.74, 6) is 0.996. The summed E-state index contributed by atoms with van der Waals surface area (Å²) in [6.07, 6.45) is 1.68. The molecule has 2 aromatic carbocycles. The van der Waals surface area contributed by atoms with Crippen LogP contribution in [-0.4, -0.2) is 29.0 Å². The van der Waals surface area contributed by atoms with Gasteiger partial charge in [0, 0.05) is 35.0 Å². The molecule has 0 fully saturated rings. The van der Waals surface area contributed by atoms with Gasteiger partial charge in [-0.1, -0.05) is 23.7 Å². The highest BCUT2D eigenvalue weighted by atomic mass is 35.5. The van der Waals surface area contributed by atoms with E-state index in [1.165, 1.54) is 0 Å². The minimum Gasteiger partial charge on any atom is -0.456 e. The molecule has 1 amide bonds. The Hall–Kier alpha value is -3.09. The molecule has 0 aliphatic rings. The van der Waals surface area contributed by atoms with Crippen LogP contribution in [0.25, 0.3) is 21.8 Å². The normalized spacial score (nSPS) is 11.4. The molecule has 2 heterocycles. The first-order valence-electron chi connectivity index (χ1n) is 9.63. The van der Waals surface area contributed by atoms with Crippen LogP contribution < -0.4 is 10.1 Å². The van der Waals surface area contributed by atoms with Crippen molar-refractivity contribution in [2.75, 3.05) is 7.11 Å². The second kappa shape index (κ2) is 8.34. The van der Waals surface area contributed by atoms with E-state index in [1.54, 1.807) is 19.4 Å². The van der Waals surface area contributed by atoms with Gasteiger partial charge in [-0.05, 0) is 44.2 Å². The van der Waals surface area contributed by atoms with Crippen molar-refractivity contribution < 1.29 is 14.3 Å². The highest BCUT2D eigenvalue weighted by Gasteiger charge is 2.20. The Morgan fingerprint density at radius 1 is 1.20 bits per heavy atom. The largest absolute Gasteiger partial charge is 0.456 e. The van der Waals surface area contributed by atoms with E-state index in [-0.39, 0.29) is 18.6 Å². The fraction of sp³-hybridized carbons (Fsp3) is 0.217. The van der Waals surface area contributed by atoms with Crippen molar-refractivity contribution in [1.82, 2.24) is 15.3 Å². The van der Waals surface area contributed by atoms with Crippen LogP contribution in [0.1, 0.15) is 29.9 Å². The molecule has 4 aromatic rings. The highest BCUT2D eigenvalue weighted by Crippen LogP contribution is 2.35. The quantitative estimate of drug-likeness (QED) is 0.432. The summed E-state index contributed by atoms with van der Waals surface area (Å²) in [4.78, 5) is 20.5. The number of hydrogen-bond acceptors (Lipinski definition) is 4. The maximum Gasteiger partial charge on any atom is 0.270 e. The third-order valence-electron chi connectivity index (χ3n) is 4.70. The lowest BCUT2D eigenvalue weighted by Crippen LogP contribution is -2.31. The number of methoxy groups -OCH3 is 1. The first-order valence-corrected chi connectivity index (χ1v) is 10.0. The van der Waals surface area contributed by atoms with Crippen molar-refractivity contribution in [2.24, 2.45) is 0 Å². The van der Waals surface area contributed by atoms with E-state index in [0.717, 1.165) is 27.4 Å². The number of aromatic nitrogens is 2. The Morgan fingerprint density at radius 3 is 2.73 bits per heavy atom. The third-order valence-corrected chi connectivity index (χ3v) is 5.01. The van der Waals surface area contributed by atoms with Crippen molar-refractivity contribution in [3.8, 4) is 11.5 Å². The predicted molar refractivity (Wildman–Crippen MR) is 118 cm³/mol. The molecule has 30 heavy (non-hydrogen) atoms. The van der Waals surface area contributed by atoms with Crippen LogP contribution in [0.2, 0.25) is 5.02 Å². The van der Waals surface area contributed by atoms with E-state index in [0.29, 0.717) is 22.2 Å². The van der Waals surface area contributed by atoms with Crippen LogP contribution in [0.4, 0.5) is 0 Å². The van der Waals surface area contributed by atoms with Crippen molar-refractivity contribution >= 4 is 39.3 Å². The third kappa shape index (κ3) is 3.84. The maximum atomic E-state index is 12.7. The first-order chi connectivity index (χ1) is 14.5. The number of pyridine rings is 1. The van der Waals surface area contributed by atoms with Gasteiger partial charge in [-0.3, -0.25) is 4.79 Å². The summed E-state index contributed by atoms with van der Waals surface area (Å²) in [6.45, 7) is 4.08. The van der Waals surface area contributed by atoms with Crippen LogP contribution >= 0.6 is 11.6 Å². The lowest BCUT2D eigenvalue weighted by molar-refractivity contribution is 0.0933. The number of H-pyrrole nitrogens is 1. The number of aromatic amines is 1. The number of amides is 1. The Kier molecular flexibility index (Phi) is 5.61. The molecule has 4 rings (SSSR count). The molecule has 0 unspecified atom stereocenters. The number of rotatable bonds is 6. The van der Waals surface area contributed by atoms with Crippen LogP contribution in [-0.2, 0) is 11.3 Å². The molecular formula is C23H22ClN3O3. The molecule has 6 nitrogen and oxygen atoms in total. The molecule has 0 saturated heterocycles. The molecule has 2 N–H and O–H groups in total. The van der Waals surface area contributed by atoms with Gasteiger partial charge < -0.3 is 19.8 Å². The molecule has 154 valence electrons. The number of nitrogens with zero attached hydrogens (tertiary/aromatic N) is 1. The summed E-state index contributed by atoms with van der Waals surface area (Å²) in [5, 5.41) is 5.25. The van der Waals surface area contributed by atoms with Crippen LogP contribution in [0.3, 0.4) is 0 Å². The fourth-order valence-corrected chi connectivity index (χ4v) is 3.64. The lowest BCUT2D eigenvalue weighted by Gasteiger charge is -2.12. The monoisotopic (exact) mass is 423 g/mol. The SMILES string of the molecule is COCc1c(C(=O)NC(C)C)ncc2[nH]c3ccc(Oc4ccccc4Cl)cc3c12. The molecule has 0 spiro atoms. The predicted octanol–water partition coefficient (Wildman–Crippen LogP) is 5.45. The molecule has 0 bridgehead atoms. The van der Waals surface area contributed by atoms with Crippen molar-refractivity contribution in [2.45, 2.75) is 26.5 Å². The van der Waals surface area contributed by atoms with E-state index in [9.17, 15) is 4.79 Å². The van der Waals surface area contributed by atoms with Crippen LogP contribution in [0.5, 0.6) is 11.5 Å². The van der Waals surface area contributed by atoms with E-state index in [2.05, 4.69) is 15.3 Å². The number of halogens is 1. The second-order valence-corrected chi connectivity index (χ2v) is 7.71. The van der Waals surface area contributed by atoms with Gasteiger partial charge in [0.05, 0.1) is 23.3 Å². The minimum atomic E-state index is -0.225. The maximum absolute atomic E-state index is 12.7. The summed E-state index contributed by atoms with van der Waals surface area (Å²) in [7, 11) is 1.60. The second-order valence-electron chi connectivity index (χ2n) is 7.30. The number of nitrogens with one attached hydrogen (secondary N) is 2. The average Bonchev–Trinajstić information content (AvgIpc) is 3.08. The number of fused-ring (bicyclic) bond motifs is 3. The summed E-state index contributed by atoms with van der Waals surface area (Å²) >= 11 is 6.23. The highest BCUT2D eigenvalue weighted by molar-refractivity contribution is 6.32. The first kappa shape index (κ1) is 20.2. The zero-order valence-electron chi connectivity index (χ0n) is 17.0. The van der Waals surface area contributed by atoms with Gasteiger partial charge in [0.2, 0.25) is 0 Å². The zero-order valence-corrected chi connectivity index (χ0v) is 17.7. The fourth-order valence-electron chi connectivity index (χ4n) is 3.47. The number of hydrogen-bond donors (Lipinski definition) is 2. The topological polar surface area (TPSA) is 76.2 Å².